The summed E-state index contributed by atoms with van der Waals surface area (Å²) in [7, 11) is 3.32. The number of hydrogen-bond acceptors (Lipinski definition) is 4. The van der Waals surface area contributed by atoms with Crippen LogP contribution >= 0.6 is 24.0 Å². The normalized spacial score (nSPS) is 16.0. The Morgan fingerprint density at radius 1 is 1.16 bits per heavy atom. The van der Waals surface area contributed by atoms with E-state index in [9.17, 15) is 8.78 Å². The zero-order valence-electron chi connectivity index (χ0n) is 18.0. The molecule has 1 aliphatic rings. The van der Waals surface area contributed by atoms with Crippen LogP contribution in [-0.2, 0) is 0 Å². The number of rotatable bonds is 7. The predicted molar refractivity (Wildman–Crippen MR) is 131 cm³/mol. The number of hydrogen-bond donors (Lipinski definition) is 2. The Labute approximate surface area is 199 Å². The second-order valence-electron chi connectivity index (χ2n) is 7.08. The molecule has 3 rings (SSSR count). The molecule has 1 unspecified atom stereocenters. The van der Waals surface area contributed by atoms with Gasteiger partial charge in [0.15, 0.2) is 29.1 Å². The number of ether oxygens (including phenoxy) is 2. The average Bonchev–Trinajstić information content (AvgIpc) is 3.23. The van der Waals surface area contributed by atoms with Gasteiger partial charge in [0, 0.05) is 50.2 Å². The van der Waals surface area contributed by atoms with Crippen LogP contribution < -0.4 is 25.0 Å². The Morgan fingerprint density at radius 3 is 2.65 bits per heavy atom. The maximum absolute atomic E-state index is 13.5. The third-order valence-corrected chi connectivity index (χ3v) is 5.06. The fraction of sp³-hybridized carbons (Fsp3) is 0.409. The van der Waals surface area contributed by atoms with Crippen LogP contribution in [0, 0.1) is 17.6 Å². The molecule has 9 heteroatoms. The van der Waals surface area contributed by atoms with Gasteiger partial charge in [0.05, 0.1) is 13.7 Å². The lowest BCUT2D eigenvalue weighted by Crippen LogP contribution is -2.35. The largest absolute Gasteiger partial charge is 0.493 e. The van der Waals surface area contributed by atoms with Crippen molar-refractivity contribution < 1.29 is 18.3 Å². The van der Waals surface area contributed by atoms with Crippen LogP contribution in [0.2, 0.25) is 0 Å². The van der Waals surface area contributed by atoms with E-state index in [1.54, 1.807) is 20.2 Å². The molecule has 1 heterocycles. The van der Waals surface area contributed by atoms with Gasteiger partial charge in [-0.05, 0) is 43.5 Å². The van der Waals surface area contributed by atoms with Gasteiger partial charge in [-0.15, -0.1) is 24.0 Å². The zero-order chi connectivity index (χ0) is 21.5. The Morgan fingerprint density at radius 2 is 1.97 bits per heavy atom. The SMILES string of the molecule is CCOc1ccc(NC(=NC)NCC2CCN(c3ccc(F)c(F)c3)C2)cc1OC.I. The number of benzene rings is 2. The average molecular weight is 546 g/mol. The Kier molecular flexibility index (Phi) is 9.60. The molecular formula is C22H29F2IN4O2. The molecule has 0 amide bonds. The summed E-state index contributed by atoms with van der Waals surface area (Å²) in [5, 5.41) is 6.59. The molecule has 1 aliphatic heterocycles. The summed E-state index contributed by atoms with van der Waals surface area (Å²) in [4.78, 5) is 6.35. The molecule has 1 atom stereocenters. The molecule has 2 aromatic rings. The van der Waals surface area contributed by atoms with E-state index in [0.717, 1.165) is 25.2 Å². The first kappa shape index (κ1) is 25.0. The van der Waals surface area contributed by atoms with Gasteiger partial charge in [0.25, 0.3) is 0 Å². The number of guanidine groups is 1. The number of halogens is 3. The van der Waals surface area contributed by atoms with Crippen LogP contribution in [0.25, 0.3) is 0 Å². The van der Waals surface area contributed by atoms with Gasteiger partial charge in [-0.1, -0.05) is 0 Å². The molecule has 170 valence electrons. The molecule has 1 saturated heterocycles. The smallest absolute Gasteiger partial charge is 0.195 e. The highest BCUT2D eigenvalue weighted by atomic mass is 127. The van der Waals surface area contributed by atoms with Crippen LogP contribution in [0.5, 0.6) is 11.5 Å². The second kappa shape index (κ2) is 11.9. The van der Waals surface area contributed by atoms with Gasteiger partial charge in [-0.2, -0.15) is 0 Å². The van der Waals surface area contributed by atoms with Crippen molar-refractivity contribution in [2.24, 2.45) is 10.9 Å². The third-order valence-electron chi connectivity index (χ3n) is 5.06. The van der Waals surface area contributed by atoms with Crippen LogP contribution in [0.15, 0.2) is 41.4 Å². The van der Waals surface area contributed by atoms with Gasteiger partial charge >= 0.3 is 0 Å². The van der Waals surface area contributed by atoms with E-state index in [0.29, 0.717) is 42.2 Å². The van der Waals surface area contributed by atoms with Crippen molar-refractivity contribution in [1.29, 1.82) is 0 Å². The molecule has 31 heavy (non-hydrogen) atoms. The van der Waals surface area contributed by atoms with E-state index in [4.69, 9.17) is 9.47 Å². The number of nitrogens with zero attached hydrogens (tertiary/aromatic N) is 2. The first-order valence-electron chi connectivity index (χ1n) is 10.0. The van der Waals surface area contributed by atoms with Crippen molar-refractivity contribution in [3.8, 4) is 11.5 Å². The molecular weight excluding hydrogens is 517 g/mol. The second-order valence-corrected chi connectivity index (χ2v) is 7.08. The van der Waals surface area contributed by atoms with E-state index >= 15 is 0 Å². The minimum Gasteiger partial charge on any atom is -0.493 e. The highest BCUT2D eigenvalue weighted by molar-refractivity contribution is 14.0. The Bertz CT molecular complexity index is 898. The van der Waals surface area contributed by atoms with Gasteiger partial charge in [-0.25, -0.2) is 8.78 Å². The molecule has 0 radical (unpaired) electrons. The minimum atomic E-state index is -0.822. The molecule has 2 N–H and O–H groups in total. The molecule has 0 bridgehead atoms. The maximum atomic E-state index is 13.5. The fourth-order valence-corrected chi connectivity index (χ4v) is 3.49. The van der Waals surface area contributed by atoms with Crippen LogP contribution in [-0.4, -0.2) is 46.4 Å². The van der Waals surface area contributed by atoms with E-state index in [-0.39, 0.29) is 24.0 Å². The van der Waals surface area contributed by atoms with Gasteiger partial charge in [0.1, 0.15) is 0 Å². The van der Waals surface area contributed by atoms with Crippen molar-refractivity contribution >= 4 is 41.3 Å². The lowest BCUT2D eigenvalue weighted by atomic mass is 10.1. The molecule has 0 aromatic heterocycles. The minimum absolute atomic E-state index is 0. The Hall–Kier alpha value is -2.30. The van der Waals surface area contributed by atoms with Gasteiger partial charge < -0.3 is 25.0 Å². The molecule has 0 spiro atoms. The highest BCUT2D eigenvalue weighted by Crippen LogP contribution is 2.30. The molecule has 1 fully saturated rings. The first-order valence-corrected chi connectivity index (χ1v) is 10.0. The molecule has 2 aromatic carbocycles. The summed E-state index contributed by atoms with van der Waals surface area (Å²) in [5.41, 5.74) is 1.54. The summed E-state index contributed by atoms with van der Waals surface area (Å²) < 4.78 is 37.6. The molecule has 6 nitrogen and oxygen atoms in total. The van der Waals surface area contributed by atoms with Gasteiger partial charge in [-0.3, -0.25) is 4.99 Å². The van der Waals surface area contributed by atoms with Gasteiger partial charge in [0.2, 0.25) is 0 Å². The lowest BCUT2D eigenvalue weighted by molar-refractivity contribution is 0.311. The quantitative estimate of drug-likeness (QED) is 0.304. The highest BCUT2D eigenvalue weighted by Gasteiger charge is 2.23. The lowest BCUT2D eigenvalue weighted by Gasteiger charge is -2.20. The standard InChI is InChI=1S/C22H28F2N4O2.HI/c1-4-30-20-8-5-16(11-21(20)29-3)27-22(25-2)26-13-15-9-10-28(14-15)17-6-7-18(23)19(24)12-17;/h5-8,11-12,15H,4,9-10,13-14H2,1-3H3,(H2,25,26,27);1H. The number of methoxy groups -OCH3 is 1. The van der Waals surface area contributed by atoms with Crippen molar-refractivity contribution in [2.75, 3.05) is 50.6 Å². The fourth-order valence-electron chi connectivity index (χ4n) is 3.49. The van der Waals surface area contributed by atoms with Crippen LogP contribution in [0.3, 0.4) is 0 Å². The van der Waals surface area contributed by atoms with Crippen LogP contribution in [0.4, 0.5) is 20.2 Å². The first-order chi connectivity index (χ1) is 14.5. The third kappa shape index (κ3) is 6.59. The van der Waals surface area contributed by atoms with Crippen molar-refractivity contribution in [3.63, 3.8) is 0 Å². The summed E-state index contributed by atoms with van der Waals surface area (Å²) in [5.74, 6) is 0.715. The number of nitrogens with one attached hydrogen (secondary N) is 2. The topological polar surface area (TPSA) is 58.1 Å². The van der Waals surface area contributed by atoms with E-state index in [2.05, 4.69) is 20.5 Å². The summed E-state index contributed by atoms with van der Waals surface area (Å²) in [6.07, 6.45) is 0.958. The van der Waals surface area contributed by atoms with Crippen molar-refractivity contribution in [3.05, 3.63) is 48.0 Å². The number of aliphatic imine (C=N–C) groups is 1. The van der Waals surface area contributed by atoms with E-state index in [1.165, 1.54) is 12.1 Å². The monoisotopic (exact) mass is 546 g/mol. The van der Waals surface area contributed by atoms with Crippen LogP contribution in [0.1, 0.15) is 13.3 Å². The summed E-state index contributed by atoms with van der Waals surface area (Å²) in [6, 6.07) is 9.67. The summed E-state index contributed by atoms with van der Waals surface area (Å²) in [6.45, 7) is 4.78. The predicted octanol–water partition coefficient (Wildman–Crippen LogP) is 4.50. The molecule has 0 saturated carbocycles. The van der Waals surface area contributed by atoms with Crippen molar-refractivity contribution in [1.82, 2.24) is 5.32 Å². The Balaban J connectivity index is 0.00000341. The van der Waals surface area contributed by atoms with E-state index < -0.39 is 11.6 Å². The zero-order valence-corrected chi connectivity index (χ0v) is 20.3. The molecule has 0 aliphatic carbocycles. The maximum Gasteiger partial charge on any atom is 0.195 e. The van der Waals surface area contributed by atoms with Crippen molar-refractivity contribution in [2.45, 2.75) is 13.3 Å². The summed E-state index contributed by atoms with van der Waals surface area (Å²) >= 11 is 0. The van der Waals surface area contributed by atoms with E-state index in [1.807, 2.05) is 25.1 Å². The number of anilines is 2.